The summed E-state index contributed by atoms with van der Waals surface area (Å²) in [5.74, 6) is 2.44. The van der Waals surface area contributed by atoms with Crippen LogP contribution in [-0.2, 0) is 4.79 Å². The van der Waals surface area contributed by atoms with E-state index in [1.165, 1.54) is 0 Å². The first-order chi connectivity index (χ1) is 9.97. The Morgan fingerprint density at radius 3 is 2.57 bits per heavy atom. The van der Waals surface area contributed by atoms with Crippen LogP contribution in [0.5, 0.6) is 0 Å². The number of rotatable bonds is 9. The molecule has 0 aromatic carbocycles. The molecule has 21 heavy (non-hydrogen) atoms. The fourth-order valence-corrected chi connectivity index (χ4v) is 2.88. The monoisotopic (exact) mass is 294 g/mol. The average Bonchev–Trinajstić information content (AvgIpc) is 2.75. The highest BCUT2D eigenvalue weighted by molar-refractivity contribution is 5.76. The summed E-state index contributed by atoms with van der Waals surface area (Å²) in [5.41, 5.74) is 6.69. The predicted octanol–water partition coefficient (Wildman–Crippen LogP) is 3.62. The summed E-state index contributed by atoms with van der Waals surface area (Å²) in [6, 6.07) is 1.99. The topological polar surface area (TPSA) is 68.3 Å². The molecule has 0 spiro atoms. The summed E-state index contributed by atoms with van der Waals surface area (Å²) in [6.07, 6.45) is 4.81. The molecule has 0 saturated heterocycles. The van der Waals surface area contributed by atoms with Gasteiger partial charge in [0.1, 0.15) is 11.5 Å². The molecule has 4 nitrogen and oxygen atoms in total. The number of hydrogen-bond donors (Lipinski definition) is 2. The molecular formula is C17H30N2O2. The first-order valence-electron chi connectivity index (χ1n) is 8.04. The van der Waals surface area contributed by atoms with Crippen LogP contribution >= 0.6 is 0 Å². The van der Waals surface area contributed by atoms with Gasteiger partial charge in [-0.05, 0) is 52.1 Å². The summed E-state index contributed by atoms with van der Waals surface area (Å²) in [6.45, 7) is 8.74. The van der Waals surface area contributed by atoms with Crippen molar-refractivity contribution in [3.63, 3.8) is 0 Å². The molecule has 2 unspecified atom stereocenters. The molecule has 1 aromatic heterocycles. The normalized spacial score (nSPS) is 14.0. The molecule has 0 saturated carbocycles. The Morgan fingerprint density at radius 1 is 1.33 bits per heavy atom. The van der Waals surface area contributed by atoms with Gasteiger partial charge in [0.25, 0.3) is 0 Å². The molecule has 1 heterocycles. The number of aryl methyl sites for hydroxylation is 2. The van der Waals surface area contributed by atoms with E-state index < -0.39 is 0 Å². The molecule has 1 rings (SSSR count). The van der Waals surface area contributed by atoms with Crippen LogP contribution in [0.3, 0.4) is 0 Å². The van der Waals surface area contributed by atoms with Crippen molar-refractivity contribution in [1.82, 2.24) is 5.32 Å². The fourth-order valence-electron chi connectivity index (χ4n) is 2.88. The van der Waals surface area contributed by atoms with Crippen LogP contribution < -0.4 is 11.1 Å². The first-order valence-corrected chi connectivity index (χ1v) is 8.04. The Morgan fingerprint density at radius 2 is 2.05 bits per heavy atom. The lowest BCUT2D eigenvalue weighted by Gasteiger charge is -2.17. The molecule has 0 fully saturated rings. The predicted molar refractivity (Wildman–Crippen MR) is 86.0 cm³/mol. The summed E-state index contributed by atoms with van der Waals surface area (Å²) >= 11 is 0. The van der Waals surface area contributed by atoms with Crippen LogP contribution in [0.1, 0.15) is 69.1 Å². The van der Waals surface area contributed by atoms with E-state index in [1.54, 1.807) is 0 Å². The maximum Gasteiger partial charge on any atom is 0.220 e. The van der Waals surface area contributed by atoms with Crippen molar-refractivity contribution in [2.75, 3.05) is 6.54 Å². The molecule has 2 atom stereocenters. The van der Waals surface area contributed by atoms with Gasteiger partial charge in [0.15, 0.2) is 0 Å². The summed E-state index contributed by atoms with van der Waals surface area (Å²) in [7, 11) is 0. The van der Waals surface area contributed by atoms with Crippen molar-refractivity contribution in [3.8, 4) is 0 Å². The van der Waals surface area contributed by atoms with E-state index in [0.717, 1.165) is 42.8 Å². The Labute approximate surface area is 128 Å². The SMILES string of the molecule is CCCC(CCN)CCC(=O)NC(C)c1cc(C)oc1C. The molecule has 3 N–H and O–H groups in total. The van der Waals surface area contributed by atoms with Crippen molar-refractivity contribution < 1.29 is 9.21 Å². The maximum atomic E-state index is 12.1. The average molecular weight is 294 g/mol. The van der Waals surface area contributed by atoms with Crippen molar-refractivity contribution >= 4 is 5.91 Å². The first kappa shape index (κ1) is 17.8. The fraction of sp³-hybridized carbons (Fsp3) is 0.706. The molecule has 4 heteroatoms. The molecular weight excluding hydrogens is 264 g/mol. The number of furan rings is 1. The van der Waals surface area contributed by atoms with Gasteiger partial charge < -0.3 is 15.5 Å². The van der Waals surface area contributed by atoms with Gasteiger partial charge in [0.05, 0.1) is 6.04 Å². The van der Waals surface area contributed by atoms with E-state index in [0.29, 0.717) is 18.9 Å². The standard InChI is InChI=1S/C17H30N2O2/c1-5-6-15(9-10-18)7-8-17(20)19-13(3)16-11-12(2)21-14(16)4/h11,13,15H,5-10,18H2,1-4H3,(H,19,20). The molecule has 120 valence electrons. The summed E-state index contributed by atoms with van der Waals surface area (Å²) in [5, 5.41) is 3.06. The van der Waals surface area contributed by atoms with Gasteiger partial charge in [-0.15, -0.1) is 0 Å². The second-order valence-electron chi connectivity index (χ2n) is 5.93. The van der Waals surface area contributed by atoms with Gasteiger partial charge in [-0.1, -0.05) is 19.8 Å². The zero-order valence-corrected chi connectivity index (χ0v) is 13.9. The molecule has 1 amide bonds. The lowest BCUT2D eigenvalue weighted by atomic mass is 9.94. The second-order valence-corrected chi connectivity index (χ2v) is 5.93. The Balaban J connectivity index is 2.44. The Bertz CT molecular complexity index is 434. The largest absolute Gasteiger partial charge is 0.466 e. The lowest BCUT2D eigenvalue weighted by molar-refractivity contribution is -0.122. The zero-order valence-electron chi connectivity index (χ0n) is 13.9. The third-order valence-electron chi connectivity index (χ3n) is 3.97. The van der Waals surface area contributed by atoms with Crippen LogP contribution in [0.25, 0.3) is 0 Å². The van der Waals surface area contributed by atoms with Crippen molar-refractivity contribution in [3.05, 3.63) is 23.2 Å². The highest BCUT2D eigenvalue weighted by Crippen LogP contribution is 2.22. The van der Waals surface area contributed by atoms with E-state index in [-0.39, 0.29) is 11.9 Å². The lowest BCUT2D eigenvalue weighted by Crippen LogP contribution is -2.27. The molecule has 0 aliphatic carbocycles. The van der Waals surface area contributed by atoms with Gasteiger partial charge >= 0.3 is 0 Å². The highest BCUT2D eigenvalue weighted by atomic mass is 16.3. The smallest absolute Gasteiger partial charge is 0.220 e. The van der Waals surface area contributed by atoms with E-state index in [1.807, 2.05) is 26.8 Å². The number of nitrogens with one attached hydrogen (secondary N) is 1. The maximum absolute atomic E-state index is 12.1. The number of hydrogen-bond acceptors (Lipinski definition) is 3. The van der Waals surface area contributed by atoms with Gasteiger partial charge in [-0.3, -0.25) is 4.79 Å². The quantitative estimate of drug-likeness (QED) is 0.731. The number of amides is 1. The Kier molecular flexibility index (Phi) is 7.51. The molecule has 0 aliphatic rings. The minimum atomic E-state index is -0.00548. The van der Waals surface area contributed by atoms with Gasteiger partial charge in [0, 0.05) is 12.0 Å². The third kappa shape index (κ3) is 5.92. The van der Waals surface area contributed by atoms with Gasteiger partial charge in [-0.2, -0.15) is 0 Å². The van der Waals surface area contributed by atoms with Gasteiger partial charge in [0.2, 0.25) is 5.91 Å². The minimum absolute atomic E-state index is 0.00548. The molecule has 0 aliphatic heterocycles. The van der Waals surface area contributed by atoms with E-state index >= 15 is 0 Å². The Hall–Kier alpha value is -1.29. The van der Waals surface area contributed by atoms with Gasteiger partial charge in [-0.25, -0.2) is 0 Å². The number of carbonyl (C=O) groups is 1. The van der Waals surface area contributed by atoms with E-state index in [9.17, 15) is 4.79 Å². The number of carbonyl (C=O) groups excluding carboxylic acids is 1. The highest BCUT2D eigenvalue weighted by Gasteiger charge is 2.16. The van der Waals surface area contributed by atoms with E-state index in [2.05, 4.69) is 12.2 Å². The third-order valence-corrected chi connectivity index (χ3v) is 3.97. The van der Waals surface area contributed by atoms with Crippen LogP contribution in [-0.4, -0.2) is 12.5 Å². The molecule has 0 radical (unpaired) electrons. The van der Waals surface area contributed by atoms with Crippen LogP contribution in [0.15, 0.2) is 10.5 Å². The number of nitrogens with two attached hydrogens (primary N) is 1. The minimum Gasteiger partial charge on any atom is -0.466 e. The summed E-state index contributed by atoms with van der Waals surface area (Å²) in [4.78, 5) is 12.1. The van der Waals surface area contributed by atoms with Crippen molar-refractivity contribution in [1.29, 1.82) is 0 Å². The van der Waals surface area contributed by atoms with E-state index in [4.69, 9.17) is 10.2 Å². The zero-order chi connectivity index (χ0) is 15.8. The van der Waals surface area contributed by atoms with Crippen molar-refractivity contribution in [2.24, 2.45) is 11.7 Å². The summed E-state index contributed by atoms with van der Waals surface area (Å²) < 4.78 is 5.51. The van der Waals surface area contributed by atoms with Crippen LogP contribution in [0.2, 0.25) is 0 Å². The van der Waals surface area contributed by atoms with Crippen LogP contribution in [0.4, 0.5) is 0 Å². The van der Waals surface area contributed by atoms with Crippen molar-refractivity contribution in [2.45, 2.75) is 65.8 Å². The molecule has 0 bridgehead atoms. The second kappa shape index (κ2) is 8.88. The molecule has 1 aromatic rings. The van der Waals surface area contributed by atoms with Crippen LogP contribution in [0, 0.1) is 19.8 Å².